The van der Waals surface area contributed by atoms with Crippen molar-refractivity contribution in [2.75, 3.05) is 26.1 Å². The second-order valence-corrected chi connectivity index (χ2v) is 9.58. The lowest BCUT2D eigenvalue weighted by Crippen LogP contribution is -2.23. The molecule has 35 heavy (non-hydrogen) atoms. The van der Waals surface area contributed by atoms with E-state index in [4.69, 9.17) is 14.2 Å². The number of rotatable bonds is 10. The molecule has 0 bridgehead atoms. The van der Waals surface area contributed by atoms with Gasteiger partial charge in [-0.25, -0.2) is 4.98 Å². The molecule has 2 aromatic carbocycles. The number of hydrogen-bond donors (Lipinski definition) is 1. The lowest BCUT2D eigenvalue weighted by molar-refractivity contribution is -0.146. The summed E-state index contributed by atoms with van der Waals surface area (Å²) < 4.78 is 15.9. The van der Waals surface area contributed by atoms with Crippen molar-refractivity contribution in [2.24, 2.45) is 0 Å². The molecule has 1 N–H and O–H groups in total. The van der Waals surface area contributed by atoms with Crippen molar-refractivity contribution in [3.05, 3.63) is 58.6 Å². The van der Waals surface area contributed by atoms with Crippen molar-refractivity contribution in [2.45, 2.75) is 46.0 Å². The van der Waals surface area contributed by atoms with Crippen LogP contribution in [0.25, 0.3) is 10.6 Å². The lowest BCUT2D eigenvalue weighted by Gasteiger charge is -2.20. The molecule has 0 fully saturated rings. The molecule has 3 rings (SSSR count). The lowest BCUT2D eigenvalue weighted by atomic mass is 9.92. The maximum Gasteiger partial charge on any atom is 0.312 e. The highest BCUT2D eigenvalue weighted by molar-refractivity contribution is 7.13. The number of thiazole rings is 1. The molecule has 1 amide bonds. The molecule has 0 aliphatic carbocycles. The fraction of sp³-hybridized carbons (Fsp3) is 0.370. The summed E-state index contributed by atoms with van der Waals surface area (Å²) in [6, 6.07) is 11.6. The number of anilines is 1. The number of methoxy groups -OCH3 is 2. The Morgan fingerprint density at radius 3 is 2.23 bits per heavy atom. The van der Waals surface area contributed by atoms with Crippen molar-refractivity contribution in [3.63, 3.8) is 0 Å². The van der Waals surface area contributed by atoms with Crippen LogP contribution in [0.3, 0.4) is 0 Å². The van der Waals surface area contributed by atoms with E-state index in [1.54, 1.807) is 19.6 Å². The fourth-order valence-electron chi connectivity index (χ4n) is 3.71. The number of ether oxygens (including phenoxy) is 3. The van der Waals surface area contributed by atoms with Gasteiger partial charge in [-0.05, 0) is 41.2 Å². The highest BCUT2D eigenvalue weighted by Crippen LogP contribution is 2.34. The van der Waals surface area contributed by atoms with Crippen molar-refractivity contribution in [3.8, 4) is 22.1 Å². The Bertz CT molecular complexity index is 1160. The molecule has 0 aliphatic rings. The van der Waals surface area contributed by atoms with Crippen molar-refractivity contribution in [1.82, 2.24) is 4.98 Å². The van der Waals surface area contributed by atoms with Gasteiger partial charge in [0.2, 0.25) is 0 Å². The summed E-state index contributed by atoms with van der Waals surface area (Å²) in [6.45, 7) is 7.98. The Labute approximate surface area is 210 Å². The maximum atomic E-state index is 12.6. The van der Waals surface area contributed by atoms with Crippen molar-refractivity contribution < 1.29 is 23.8 Å². The summed E-state index contributed by atoms with van der Waals surface area (Å²) in [7, 11) is 3.16. The van der Waals surface area contributed by atoms with Crippen LogP contribution in [0.2, 0.25) is 0 Å². The molecule has 7 nitrogen and oxygen atoms in total. The highest BCUT2D eigenvalue weighted by atomic mass is 32.1. The molecule has 0 atom stereocenters. The van der Waals surface area contributed by atoms with Gasteiger partial charge >= 0.3 is 5.97 Å². The van der Waals surface area contributed by atoms with E-state index < -0.39 is 5.97 Å². The van der Waals surface area contributed by atoms with Gasteiger partial charge in [0, 0.05) is 16.6 Å². The fourth-order valence-corrected chi connectivity index (χ4v) is 4.52. The predicted molar refractivity (Wildman–Crippen MR) is 139 cm³/mol. The van der Waals surface area contributed by atoms with E-state index in [1.165, 1.54) is 11.3 Å². The van der Waals surface area contributed by atoms with E-state index in [0.29, 0.717) is 17.2 Å². The van der Waals surface area contributed by atoms with Crippen LogP contribution in [0.4, 0.5) is 5.69 Å². The second kappa shape index (κ2) is 11.8. The smallest absolute Gasteiger partial charge is 0.312 e. The molecular weight excluding hydrogens is 464 g/mol. The van der Waals surface area contributed by atoms with Crippen LogP contribution >= 0.6 is 11.3 Å². The summed E-state index contributed by atoms with van der Waals surface area (Å²) >= 11 is 1.42. The predicted octanol–water partition coefficient (Wildman–Crippen LogP) is 5.80. The van der Waals surface area contributed by atoms with E-state index in [0.717, 1.165) is 27.4 Å². The molecule has 8 heteroatoms. The molecule has 0 saturated carbocycles. The first-order valence-electron chi connectivity index (χ1n) is 11.5. The third-order valence-electron chi connectivity index (χ3n) is 5.51. The topological polar surface area (TPSA) is 86.8 Å². The third kappa shape index (κ3) is 6.60. The first kappa shape index (κ1) is 26.2. The number of carbonyl (C=O) groups excluding carboxylic acids is 2. The molecular formula is C27H32N2O5S. The molecule has 0 spiro atoms. The van der Waals surface area contributed by atoms with Gasteiger partial charge in [-0.2, -0.15) is 0 Å². The average molecular weight is 497 g/mol. The molecule has 3 aromatic rings. The number of nitrogens with zero attached hydrogens (tertiary/aromatic N) is 1. The second-order valence-electron chi connectivity index (χ2n) is 8.72. The summed E-state index contributed by atoms with van der Waals surface area (Å²) in [6.07, 6.45) is -0.0170. The number of nitrogens with one attached hydrogen (secondary N) is 1. The number of esters is 1. The maximum absolute atomic E-state index is 12.6. The van der Waals surface area contributed by atoms with Gasteiger partial charge < -0.3 is 19.5 Å². The quantitative estimate of drug-likeness (QED) is 0.357. The minimum Gasteiger partial charge on any atom is -0.493 e. The minimum atomic E-state index is -0.509. The number of aromatic nitrogens is 1. The van der Waals surface area contributed by atoms with Gasteiger partial charge in [-0.3, -0.25) is 9.59 Å². The summed E-state index contributed by atoms with van der Waals surface area (Å²) in [4.78, 5) is 29.5. The minimum absolute atomic E-state index is 0.0170. The van der Waals surface area contributed by atoms with E-state index in [9.17, 15) is 9.59 Å². The molecule has 1 heterocycles. The van der Waals surface area contributed by atoms with Gasteiger partial charge in [0.1, 0.15) is 5.01 Å². The Morgan fingerprint density at radius 1 is 0.971 bits per heavy atom. The Balaban J connectivity index is 1.60. The summed E-state index contributed by atoms with van der Waals surface area (Å²) in [5.74, 6) is 0.855. The van der Waals surface area contributed by atoms with Crippen LogP contribution in [0.5, 0.6) is 11.5 Å². The van der Waals surface area contributed by atoms with E-state index >= 15 is 0 Å². The first-order chi connectivity index (χ1) is 16.7. The summed E-state index contributed by atoms with van der Waals surface area (Å²) in [5.41, 5.74) is 4.36. The van der Waals surface area contributed by atoms with Crippen LogP contribution in [0, 0.1) is 0 Å². The number of carbonyl (C=O) groups is 2. The molecule has 1 aromatic heterocycles. The van der Waals surface area contributed by atoms with Crippen LogP contribution in [0.1, 0.15) is 56.4 Å². The molecule has 186 valence electrons. The molecule has 0 radical (unpaired) electrons. The van der Waals surface area contributed by atoms with Gasteiger partial charge in [-0.15, -0.1) is 11.3 Å². The third-order valence-corrected chi connectivity index (χ3v) is 6.45. The molecule has 0 saturated heterocycles. The Kier molecular flexibility index (Phi) is 8.87. The Morgan fingerprint density at radius 2 is 1.63 bits per heavy atom. The zero-order valence-corrected chi connectivity index (χ0v) is 21.8. The Hall–Kier alpha value is -3.39. The highest BCUT2D eigenvalue weighted by Gasteiger charge is 2.18. The van der Waals surface area contributed by atoms with Gasteiger partial charge in [0.25, 0.3) is 5.91 Å². The zero-order valence-electron chi connectivity index (χ0n) is 21.0. The van der Waals surface area contributed by atoms with E-state index in [1.807, 2.05) is 36.4 Å². The zero-order chi connectivity index (χ0) is 25.5. The van der Waals surface area contributed by atoms with Crippen molar-refractivity contribution in [1.29, 1.82) is 0 Å². The van der Waals surface area contributed by atoms with Gasteiger partial charge in [0.15, 0.2) is 18.1 Å². The average Bonchev–Trinajstić information content (AvgIpc) is 3.30. The molecule has 0 unspecified atom stereocenters. The number of amides is 1. The SMILES string of the molecule is COc1ccc(-c2nc(CC(=O)OCC(=O)Nc3c(C(C)C)cccc3C(C)C)cs2)cc1OC. The molecule has 0 aliphatic heterocycles. The number of hydrogen-bond acceptors (Lipinski definition) is 7. The number of para-hydroxylation sites is 1. The summed E-state index contributed by atoms with van der Waals surface area (Å²) in [5, 5.41) is 5.51. The monoisotopic (exact) mass is 496 g/mol. The van der Waals surface area contributed by atoms with Crippen LogP contribution in [-0.2, 0) is 20.7 Å². The normalized spacial score (nSPS) is 11.0. The van der Waals surface area contributed by atoms with E-state index in [2.05, 4.69) is 38.0 Å². The first-order valence-corrected chi connectivity index (χ1v) is 12.4. The van der Waals surface area contributed by atoms with Crippen LogP contribution < -0.4 is 14.8 Å². The van der Waals surface area contributed by atoms with Gasteiger partial charge in [0.05, 0.1) is 26.3 Å². The standard InChI is InChI=1S/C27H32N2O5S/c1-16(2)20-8-7-9-21(17(3)4)26(20)29-24(30)14-34-25(31)13-19-15-35-27(28-19)18-10-11-22(32-5)23(12-18)33-6/h7-12,15-17H,13-14H2,1-6H3,(H,29,30). The largest absolute Gasteiger partial charge is 0.493 e. The van der Waals surface area contributed by atoms with Crippen LogP contribution in [0.15, 0.2) is 41.8 Å². The van der Waals surface area contributed by atoms with Crippen LogP contribution in [-0.4, -0.2) is 37.7 Å². The van der Waals surface area contributed by atoms with Crippen molar-refractivity contribution >= 4 is 28.9 Å². The number of benzene rings is 2. The van der Waals surface area contributed by atoms with E-state index in [-0.39, 0.29) is 30.8 Å². The van der Waals surface area contributed by atoms with Gasteiger partial charge in [-0.1, -0.05) is 45.9 Å².